The first-order valence-corrected chi connectivity index (χ1v) is 8.74. The molecule has 2 aromatic carbocycles. The highest BCUT2D eigenvalue weighted by Gasteiger charge is 2.36. The number of thioether (sulfide) groups is 1. The van der Waals surface area contributed by atoms with Gasteiger partial charge in [0.15, 0.2) is 5.17 Å². The second-order valence-electron chi connectivity index (χ2n) is 5.84. The van der Waals surface area contributed by atoms with Crippen LogP contribution >= 0.6 is 11.8 Å². The van der Waals surface area contributed by atoms with Crippen LogP contribution < -0.4 is 0 Å². The number of nitrogens with one attached hydrogen (secondary N) is 1. The molecule has 0 atom stereocenters. The number of rotatable bonds is 2. The summed E-state index contributed by atoms with van der Waals surface area (Å²) in [6, 6.07) is 17.7. The molecule has 1 N–H and O–H groups in total. The third-order valence-electron chi connectivity index (χ3n) is 4.07. The zero-order valence-electron chi connectivity index (χ0n) is 13.6. The molecule has 25 heavy (non-hydrogen) atoms. The molecule has 1 amide bonds. The molecule has 2 heterocycles. The molecule has 0 bridgehead atoms. The SMILES string of the molecule is Cc1ccc(/C=C2\C(=N)N3C(c4ccccc4)=CSC3=NC2=O)cc1. The van der Waals surface area contributed by atoms with Gasteiger partial charge in [0.2, 0.25) is 0 Å². The largest absolute Gasteiger partial charge is 0.283 e. The lowest BCUT2D eigenvalue weighted by Crippen LogP contribution is -2.38. The van der Waals surface area contributed by atoms with Crippen molar-refractivity contribution in [2.24, 2.45) is 4.99 Å². The quantitative estimate of drug-likeness (QED) is 0.826. The Labute approximate surface area is 150 Å². The minimum atomic E-state index is -0.368. The van der Waals surface area contributed by atoms with Crippen LogP contribution in [0.15, 0.2) is 70.6 Å². The number of hydrogen-bond acceptors (Lipinski definition) is 3. The zero-order chi connectivity index (χ0) is 17.4. The Balaban J connectivity index is 1.74. The van der Waals surface area contributed by atoms with Crippen LogP contribution in [0.25, 0.3) is 11.8 Å². The van der Waals surface area contributed by atoms with Crippen LogP contribution in [0.3, 0.4) is 0 Å². The summed E-state index contributed by atoms with van der Waals surface area (Å²) < 4.78 is 0. The normalized spacial score (nSPS) is 18.3. The van der Waals surface area contributed by atoms with Gasteiger partial charge in [0, 0.05) is 5.41 Å². The van der Waals surface area contributed by atoms with Gasteiger partial charge in [-0.3, -0.25) is 15.1 Å². The fraction of sp³-hybridized carbons (Fsp3) is 0.0500. The Morgan fingerprint density at radius 3 is 2.52 bits per heavy atom. The van der Waals surface area contributed by atoms with E-state index in [0.29, 0.717) is 10.7 Å². The minimum absolute atomic E-state index is 0.163. The van der Waals surface area contributed by atoms with Gasteiger partial charge in [-0.2, -0.15) is 4.99 Å². The zero-order valence-corrected chi connectivity index (χ0v) is 14.4. The summed E-state index contributed by atoms with van der Waals surface area (Å²) in [5, 5.41) is 11.0. The van der Waals surface area contributed by atoms with E-state index >= 15 is 0 Å². The second kappa shape index (κ2) is 6.18. The van der Waals surface area contributed by atoms with Gasteiger partial charge in [-0.25, -0.2) is 0 Å². The van der Waals surface area contributed by atoms with Crippen molar-refractivity contribution >= 4 is 40.4 Å². The standard InChI is InChI=1S/C20H15N3OS/c1-13-7-9-14(10-8-13)11-16-18(21)23-17(15-5-3-2-4-6-15)12-25-20(23)22-19(16)24/h2-12,21H,1H3/b16-11+,21-18?. The van der Waals surface area contributed by atoms with Crippen LogP contribution in [-0.2, 0) is 4.79 Å². The van der Waals surface area contributed by atoms with Gasteiger partial charge < -0.3 is 0 Å². The van der Waals surface area contributed by atoms with E-state index in [1.54, 1.807) is 11.0 Å². The molecule has 5 heteroatoms. The van der Waals surface area contributed by atoms with E-state index in [0.717, 1.165) is 22.4 Å². The molecule has 2 aliphatic heterocycles. The van der Waals surface area contributed by atoms with E-state index < -0.39 is 0 Å². The van der Waals surface area contributed by atoms with Crippen molar-refractivity contribution < 1.29 is 4.79 Å². The van der Waals surface area contributed by atoms with Crippen molar-refractivity contribution in [1.82, 2.24) is 4.90 Å². The second-order valence-corrected chi connectivity index (χ2v) is 6.68. The molecule has 0 radical (unpaired) electrons. The Hall–Kier alpha value is -2.92. The van der Waals surface area contributed by atoms with Gasteiger partial charge in [-0.1, -0.05) is 71.9 Å². The maximum absolute atomic E-state index is 12.4. The molecule has 2 aliphatic rings. The Morgan fingerprint density at radius 2 is 1.80 bits per heavy atom. The predicted molar refractivity (Wildman–Crippen MR) is 103 cm³/mol. The third-order valence-corrected chi connectivity index (χ3v) is 4.90. The number of aliphatic imine (C=N–C) groups is 1. The predicted octanol–water partition coefficient (Wildman–Crippen LogP) is 4.30. The molecule has 122 valence electrons. The first-order valence-electron chi connectivity index (χ1n) is 7.86. The summed E-state index contributed by atoms with van der Waals surface area (Å²) in [4.78, 5) is 18.3. The lowest BCUT2D eigenvalue weighted by atomic mass is 10.1. The topological polar surface area (TPSA) is 56.5 Å². The molecule has 0 aliphatic carbocycles. The van der Waals surface area contributed by atoms with E-state index in [9.17, 15) is 4.79 Å². The van der Waals surface area contributed by atoms with E-state index in [1.165, 1.54) is 11.8 Å². The Morgan fingerprint density at radius 1 is 1.08 bits per heavy atom. The van der Waals surface area contributed by atoms with Crippen LogP contribution in [0.1, 0.15) is 16.7 Å². The molecule has 4 rings (SSSR count). The monoisotopic (exact) mass is 345 g/mol. The molecule has 0 saturated carbocycles. The first kappa shape index (κ1) is 15.6. The highest BCUT2D eigenvalue weighted by atomic mass is 32.2. The molecular formula is C20H15N3OS. The number of nitrogens with zero attached hydrogens (tertiary/aromatic N) is 2. The average Bonchev–Trinajstić information content (AvgIpc) is 3.05. The van der Waals surface area contributed by atoms with Crippen molar-refractivity contribution in [2.75, 3.05) is 0 Å². The van der Waals surface area contributed by atoms with E-state index in [4.69, 9.17) is 5.41 Å². The minimum Gasteiger partial charge on any atom is -0.283 e. The van der Waals surface area contributed by atoms with E-state index in [2.05, 4.69) is 4.99 Å². The van der Waals surface area contributed by atoms with Crippen LogP contribution in [0, 0.1) is 12.3 Å². The van der Waals surface area contributed by atoms with Crippen LogP contribution in [-0.4, -0.2) is 21.8 Å². The molecule has 0 spiro atoms. The molecule has 2 aromatic rings. The highest BCUT2D eigenvalue weighted by molar-refractivity contribution is 8.17. The summed E-state index contributed by atoms with van der Waals surface area (Å²) >= 11 is 1.37. The van der Waals surface area contributed by atoms with Gasteiger partial charge in [0.05, 0.1) is 11.3 Å². The summed E-state index contributed by atoms with van der Waals surface area (Å²) in [5.41, 5.74) is 4.20. The molecule has 0 saturated heterocycles. The van der Waals surface area contributed by atoms with Crippen LogP contribution in [0.4, 0.5) is 0 Å². The average molecular weight is 345 g/mol. The number of carbonyl (C=O) groups is 1. The van der Waals surface area contributed by atoms with Gasteiger partial charge in [0.1, 0.15) is 5.84 Å². The van der Waals surface area contributed by atoms with E-state index in [1.807, 2.05) is 66.9 Å². The smallest absolute Gasteiger partial charge is 0.283 e. The number of aryl methyl sites for hydroxylation is 1. The number of fused-ring (bicyclic) bond motifs is 1. The highest BCUT2D eigenvalue weighted by Crippen LogP contribution is 2.37. The summed E-state index contributed by atoms with van der Waals surface area (Å²) in [6.07, 6.45) is 1.73. The summed E-state index contributed by atoms with van der Waals surface area (Å²) in [7, 11) is 0. The van der Waals surface area contributed by atoms with Crippen LogP contribution in [0.5, 0.6) is 0 Å². The molecule has 0 aromatic heterocycles. The van der Waals surface area contributed by atoms with Gasteiger partial charge in [0.25, 0.3) is 5.91 Å². The fourth-order valence-electron chi connectivity index (χ4n) is 2.74. The molecule has 4 nitrogen and oxygen atoms in total. The first-order chi connectivity index (χ1) is 12.1. The van der Waals surface area contributed by atoms with Crippen molar-refractivity contribution in [3.05, 3.63) is 82.3 Å². The van der Waals surface area contributed by atoms with E-state index in [-0.39, 0.29) is 11.7 Å². The lowest BCUT2D eigenvalue weighted by molar-refractivity contribution is -0.114. The van der Waals surface area contributed by atoms with Crippen molar-refractivity contribution in [3.63, 3.8) is 0 Å². The Kier molecular flexibility index (Phi) is 3.86. The Bertz CT molecular complexity index is 956. The lowest BCUT2D eigenvalue weighted by Gasteiger charge is -2.26. The number of amidine groups is 2. The van der Waals surface area contributed by atoms with Gasteiger partial charge >= 0.3 is 0 Å². The van der Waals surface area contributed by atoms with Crippen molar-refractivity contribution in [3.8, 4) is 0 Å². The summed E-state index contributed by atoms with van der Waals surface area (Å²) in [5.74, 6) is -0.206. The van der Waals surface area contributed by atoms with Gasteiger partial charge in [-0.15, -0.1) is 0 Å². The third kappa shape index (κ3) is 2.83. The fourth-order valence-corrected chi connectivity index (χ4v) is 3.63. The number of carbonyl (C=O) groups excluding carboxylic acids is 1. The maximum Gasteiger partial charge on any atom is 0.283 e. The summed E-state index contributed by atoms with van der Waals surface area (Å²) in [6.45, 7) is 2.01. The molecular weight excluding hydrogens is 330 g/mol. The van der Waals surface area contributed by atoms with Crippen molar-refractivity contribution in [2.45, 2.75) is 6.92 Å². The van der Waals surface area contributed by atoms with Gasteiger partial charge in [-0.05, 0) is 24.1 Å². The maximum atomic E-state index is 12.4. The number of amides is 1. The number of benzene rings is 2. The van der Waals surface area contributed by atoms with Crippen LogP contribution in [0.2, 0.25) is 0 Å². The van der Waals surface area contributed by atoms with Crippen molar-refractivity contribution in [1.29, 1.82) is 5.41 Å². The molecule has 0 unspecified atom stereocenters. The number of hydrogen-bond donors (Lipinski definition) is 1. The molecule has 0 fully saturated rings.